The van der Waals surface area contributed by atoms with Crippen molar-refractivity contribution in [2.45, 2.75) is 30.8 Å². The van der Waals surface area contributed by atoms with Crippen molar-refractivity contribution >= 4 is 11.6 Å². The average molecular weight is 325 g/mol. The quantitative estimate of drug-likeness (QED) is 0.908. The normalized spacial score (nSPS) is 16.7. The Balaban J connectivity index is 1.77. The van der Waals surface area contributed by atoms with Crippen LogP contribution in [0.15, 0.2) is 36.7 Å². The first-order valence-electron chi connectivity index (χ1n) is 7.05. The zero-order valence-electron chi connectivity index (χ0n) is 12.0. The molecule has 1 aromatic heterocycles. The summed E-state index contributed by atoms with van der Waals surface area (Å²) in [6.45, 7) is 0. The van der Waals surface area contributed by atoms with E-state index in [-0.39, 0.29) is 24.2 Å². The highest BCUT2D eigenvalue weighted by molar-refractivity contribution is 5.97. The van der Waals surface area contributed by atoms with Crippen molar-refractivity contribution in [1.82, 2.24) is 9.78 Å². The minimum atomic E-state index is -3.90. The lowest BCUT2D eigenvalue weighted by molar-refractivity contribution is -0.212. The van der Waals surface area contributed by atoms with Crippen molar-refractivity contribution in [2.24, 2.45) is 0 Å². The van der Waals surface area contributed by atoms with Crippen LogP contribution >= 0.6 is 0 Å². The molecular formula is C15H14F3N3O2. The van der Waals surface area contributed by atoms with Gasteiger partial charge in [-0.1, -0.05) is 12.1 Å². The van der Waals surface area contributed by atoms with Crippen LogP contribution < -0.4 is 5.32 Å². The van der Waals surface area contributed by atoms with E-state index in [1.807, 2.05) is 5.32 Å². The van der Waals surface area contributed by atoms with Gasteiger partial charge in [-0.25, -0.2) is 9.07 Å². The Kier molecular flexibility index (Phi) is 3.63. The Hall–Kier alpha value is -2.35. The van der Waals surface area contributed by atoms with Gasteiger partial charge >= 0.3 is 5.92 Å². The lowest BCUT2D eigenvalue weighted by atomic mass is 9.75. The zero-order valence-corrected chi connectivity index (χ0v) is 12.0. The molecule has 0 spiro atoms. The Morgan fingerprint density at radius 3 is 2.65 bits per heavy atom. The average Bonchev–Trinajstić information content (AvgIpc) is 2.93. The van der Waals surface area contributed by atoms with Crippen LogP contribution in [0.5, 0.6) is 0 Å². The molecule has 23 heavy (non-hydrogen) atoms. The smallest absolute Gasteiger partial charge is 0.352 e. The number of hydrogen-bond donors (Lipinski definition) is 2. The van der Waals surface area contributed by atoms with Crippen LogP contribution in [0.3, 0.4) is 0 Å². The summed E-state index contributed by atoms with van der Waals surface area (Å²) < 4.78 is 42.7. The molecule has 122 valence electrons. The summed E-state index contributed by atoms with van der Waals surface area (Å²) >= 11 is 0. The fraction of sp³-hybridized carbons (Fsp3) is 0.333. The number of amides is 1. The van der Waals surface area contributed by atoms with E-state index in [1.165, 1.54) is 24.4 Å². The number of para-hydroxylation sites is 1. The van der Waals surface area contributed by atoms with Gasteiger partial charge in [0.1, 0.15) is 17.1 Å². The minimum Gasteiger partial charge on any atom is -0.383 e. The van der Waals surface area contributed by atoms with Crippen molar-refractivity contribution in [3.63, 3.8) is 0 Å². The minimum absolute atomic E-state index is 0.0131. The van der Waals surface area contributed by atoms with Crippen molar-refractivity contribution in [2.75, 3.05) is 5.32 Å². The topological polar surface area (TPSA) is 67.2 Å². The predicted octanol–water partition coefficient (Wildman–Crippen LogP) is 2.50. The summed E-state index contributed by atoms with van der Waals surface area (Å²) in [6, 6.07) is 5.79. The summed E-state index contributed by atoms with van der Waals surface area (Å²) in [5.74, 6) is -6.04. The molecule has 0 aliphatic heterocycles. The van der Waals surface area contributed by atoms with Crippen molar-refractivity contribution < 1.29 is 23.1 Å². The molecular weight excluding hydrogens is 311 g/mol. The third-order valence-electron chi connectivity index (χ3n) is 3.99. The molecule has 8 heteroatoms. The van der Waals surface area contributed by atoms with Crippen LogP contribution in [0.25, 0.3) is 5.69 Å². The third-order valence-corrected chi connectivity index (χ3v) is 3.99. The number of carbonyl (C=O) groups is 1. The van der Waals surface area contributed by atoms with Gasteiger partial charge in [-0.2, -0.15) is 13.9 Å². The maximum atomic E-state index is 14.0. The molecule has 1 aromatic carbocycles. The van der Waals surface area contributed by atoms with E-state index >= 15 is 0 Å². The highest BCUT2D eigenvalue weighted by atomic mass is 19.3. The molecule has 1 saturated carbocycles. The summed E-state index contributed by atoms with van der Waals surface area (Å²) in [5, 5.41) is 15.6. The third kappa shape index (κ3) is 2.59. The molecule has 1 aliphatic rings. The first-order chi connectivity index (χ1) is 10.8. The maximum Gasteiger partial charge on any atom is 0.352 e. The van der Waals surface area contributed by atoms with Crippen LogP contribution in [-0.2, 0) is 4.79 Å². The van der Waals surface area contributed by atoms with E-state index in [4.69, 9.17) is 0 Å². The number of halogens is 3. The molecule has 1 aliphatic carbocycles. The van der Waals surface area contributed by atoms with Crippen LogP contribution in [-0.4, -0.2) is 32.3 Å². The van der Waals surface area contributed by atoms with Gasteiger partial charge in [0.15, 0.2) is 0 Å². The van der Waals surface area contributed by atoms with E-state index in [0.717, 1.165) is 10.9 Å². The number of hydrogen-bond acceptors (Lipinski definition) is 3. The van der Waals surface area contributed by atoms with Crippen molar-refractivity contribution in [3.05, 3.63) is 42.5 Å². The lowest BCUT2D eigenvalue weighted by Crippen LogP contribution is -2.59. The second-order valence-electron chi connectivity index (χ2n) is 5.54. The van der Waals surface area contributed by atoms with Gasteiger partial charge in [0.2, 0.25) is 0 Å². The molecule has 0 bridgehead atoms. The summed E-state index contributed by atoms with van der Waals surface area (Å²) in [7, 11) is 0. The van der Waals surface area contributed by atoms with Crippen LogP contribution in [0.1, 0.15) is 19.3 Å². The van der Waals surface area contributed by atoms with Crippen molar-refractivity contribution in [1.29, 1.82) is 0 Å². The molecule has 5 nitrogen and oxygen atoms in total. The van der Waals surface area contributed by atoms with E-state index in [0.29, 0.717) is 6.42 Å². The molecule has 3 rings (SSSR count). The fourth-order valence-electron chi connectivity index (χ4n) is 2.40. The van der Waals surface area contributed by atoms with Gasteiger partial charge < -0.3 is 10.4 Å². The van der Waals surface area contributed by atoms with E-state index < -0.39 is 23.2 Å². The molecule has 0 saturated heterocycles. The van der Waals surface area contributed by atoms with E-state index in [1.54, 1.807) is 6.07 Å². The standard InChI is InChI=1S/C15H14F3N3O2/c16-11-4-1-2-5-12(11)21-9-10(8-19-21)20-13(22)15(17,18)14(23)6-3-7-14/h1-2,4-5,8-9,23H,3,6-7H2,(H,20,22). The zero-order chi connectivity index (χ0) is 16.7. The number of nitrogens with zero attached hydrogens (tertiary/aromatic N) is 2. The Morgan fingerprint density at radius 2 is 2.04 bits per heavy atom. The Bertz CT molecular complexity index is 741. The number of alkyl halides is 2. The van der Waals surface area contributed by atoms with Gasteiger partial charge in [-0.15, -0.1) is 0 Å². The molecule has 0 radical (unpaired) electrons. The fourth-order valence-corrected chi connectivity index (χ4v) is 2.40. The number of benzene rings is 1. The Labute approximate surface area is 129 Å². The lowest BCUT2D eigenvalue weighted by Gasteiger charge is -2.41. The summed E-state index contributed by atoms with van der Waals surface area (Å²) in [5.41, 5.74) is -2.18. The highest BCUT2D eigenvalue weighted by Crippen LogP contribution is 2.44. The number of anilines is 1. The molecule has 0 atom stereocenters. The highest BCUT2D eigenvalue weighted by Gasteiger charge is 2.61. The second-order valence-corrected chi connectivity index (χ2v) is 5.54. The largest absolute Gasteiger partial charge is 0.383 e. The SMILES string of the molecule is O=C(Nc1cnn(-c2ccccc2F)c1)C(F)(F)C1(O)CCC1. The van der Waals surface area contributed by atoms with Crippen LogP contribution in [0.4, 0.5) is 18.9 Å². The monoisotopic (exact) mass is 325 g/mol. The Morgan fingerprint density at radius 1 is 1.35 bits per heavy atom. The number of aromatic nitrogens is 2. The molecule has 2 N–H and O–H groups in total. The predicted molar refractivity (Wildman–Crippen MR) is 75.9 cm³/mol. The van der Waals surface area contributed by atoms with Crippen molar-refractivity contribution in [3.8, 4) is 5.69 Å². The molecule has 1 amide bonds. The first-order valence-corrected chi connectivity index (χ1v) is 7.05. The van der Waals surface area contributed by atoms with Gasteiger partial charge in [-0.05, 0) is 31.4 Å². The van der Waals surface area contributed by atoms with Crippen LogP contribution in [0, 0.1) is 5.82 Å². The van der Waals surface area contributed by atoms with E-state index in [9.17, 15) is 23.1 Å². The molecule has 1 fully saturated rings. The molecule has 1 heterocycles. The van der Waals surface area contributed by atoms with E-state index in [2.05, 4.69) is 5.10 Å². The second kappa shape index (κ2) is 5.38. The number of aliphatic hydroxyl groups is 1. The number of carbonyl (C=O) groups excluding carboxylic acids is 1. The molecule has 2 aromatic rings. The number of rotatable bonds is 4. The van der Waals surface area contributed by atoms with Gasteiger partial charge in [-0.3, -0.25) is 4.79 Å². The van der Waals surface area contributed by atoms with Gasteiger partial charge in [0.05, 0.1) is 18.1 Å². The summed E-state index contributed by atoms with van der Waals surface area (Å²) in [4.78, 5) is 11.8. The molecule has 0 unspecified atom stereocenters. The summed E-state index contributed by atoms with van der Waals surface area (Å²) in [6.07, 6.45) is 2.55. The number of nitrogens with one attached hydrogen (secondary N) is 1. The van der Waals surface area contributed by atoms with Crippen LogP contribution in [0.2, 0.25) is 0 Å². The maximum absolute atomic E-state index is 14.0. The van der Waals surface area contributed by atoms with Gasteiger partial charge in [0, 0.05) is 0 Å². The van der Waals surface area contributed by atoms with Gasteiger partial charge in [0.25, 0.3) is 5.91 Å². The first kappa shape index (κ1) is 15.5.